The molecule has 0 saturated heterocycles. The summed E-state index contributed by atoms with van der Waals surface area (Å²) in [5.74, 6) is 2.59. The van der Waals surface area contributed by atoms with Crippen LogP contribution in [-0.4, -0.2) is 37.1 Å². The van der Waals surface area contributed by atoms with Crippen molar-refractivity contribution in [3.63, 3.8) is 0 Å². The first-order chi connectivity index (χ1) is 11.6. The largest absolute Gasteiger partial charge is 0.475 e. The van der Waals surface area contributed by atoms with Crippen LogP contribution in [0.2, 0.25) is 0 Å². The third kappa shape index (κ3) is 3.47. The highest BCUT2D eigenvalue weighted by Gasteiger charge is 2.26. The highest BCUT2D eigenvalue weighted by Crippen LogP contribution is 2.23. The smallest absolute Gasteiger partial charge is 0.216 e. The molecule has 130 valence electrons. The number of rotatable bonds is 6. The van der Waals surface area contributed by atoms with E-state index in [1.165, 1.54) is 0 Å². The lowest BCUT2D eigenvalue weighted by atomic mass is 10.0. The van der Waals surface area contributed by atoms with Crippen LogP contribution < -0.4 is 0 Å². The van der Waals surface area contributed by atoms with Gasteiger partial charge in [0.15, 0.2) is 0 Å². The molecule has 4 nitrogen and oxygen atoms in total. The van der Waals surface area contributed by atoms with Gasteiger partial charge in [0.25, 0.3) is 0 Å². The minimum atomic E-state index is 0.267. The van der Waals surface area contributed by atoms with Crippen LogP contribution >= 0.6 is 0 Å². The molecule has 0 amide bonds. The standard InChI is InChI=1S/C20H28N2O2/c1-5-13(3)17-11-23-19(21-17)15-8-7-9-16(10-15)20-22-18(12-24-20)14(4)6-2/h7-10,13-14,17-18H,5-6,11-12H2,1-4H3/t13?,14?,17-,18-/m1/s1. The zero-order chi connectivity index (χ0) is 17.1. The molecule has 2 unspecified atom stereocenters. The Morgan fingerprint density at radius 2 is 1.38 bits per heavy atom. The molecular weight excluding hydrogens is 300 g/mol. The van der Waals surface area contributed by atoms with Gasteiger partial charge in [0, 0.05) is 11.1 Å². The Labute approximate surface area is 145 Å². The number of hydrogen-bond acceptors (Lipinski definition) is 4. The van der Waals surface area contributed by atoms with E-state index in [0.717, 1.165) is 35.8 Å². The first kappa shape index (κ1) is 17.0. The minimum Gasteiger partial charge on any atom is -0.475 e. The summed E-state index contributed by atoms with van der Waals surface area (Å²) in [5.41, 5.74) is 2.02. The van der Waals surface area contributed by atoms with Crippen molar-refractivity contribution in [3.05, 3.63) is 35.4 Å². The Balaban J connectivity index is 1.78. The van der Waals surface area contributed by atoms with E-state index in [1.54, 1.807) is 0 Å². The summed E-state index contributed by atoms with van der Waals surface area (Å²) in [6, 6.07) is 8.73. The van der Waals surface area contributed by atoms with Gasteiger partial charge in [-0.2, -0.15) is 0 Å². The predicted molar refractivity (Wildman–Crippen MR) is 97.9 cm³/mol. The normalized spacial score (nSPS) is 25.5. The summed E-state index contributed by atoms with van der Waals surface area (Å²) in [7, 11) is 0. The number of hydrogen-bond donors (Lipinski definition) is 0. The van der Waals surface area contributed by atoms with E-state index in [0.29, 0.717) is 25.0 Å². The molecule has 0 aliphatic carbocycles. The summed E-state index contributed by atoms with van der Waals surface area (Å²) < 4.78 is 11.7. The van der Waals surface area contributed by atoms with E-state index in [-0.39, 0.29) is 12.1 Å². The molecule has 2 heterocycles. The second-order valence-corrected chi connectivity index (χ2v) is 6.98. The van der Waals surface area contributed by atoms with Crippen LogP contribution in [0.15, 0.2) is 34.3 Å². The number of ether oxygens (including phenoxy) is 2. The quantitative estimate of drug-likeness (QED) is 0.790. The van der Waals surface area contributed by atoms with Crippen molar-refractivity contribution in [3.8, 4) is 0 Å². The van der Waals surface area contributed by atoms with E-state index in [1.807, 2.05) is 18.2 Å². The zero-order valence-corrected chi connectivity index (χ0v) is 15.2. The van der Waals surface area contributed by atoms with Crippen LogP contribution in [0.5, 0.6) is 0 Å². The van der Waals surface area contributed by atoms with Crippen LogP contribution in [0, 0.1) is 11.8 Å². The lowest BCUT2D eigenvalue weighted by molar-refractivity contribution is 0.282. The third-order valence-electron chi connectivity index (χ3n) is 5.31. The molecule has 24 heavy (non-hydrogen) atoms. The molecule has 0 N–H and O–H groups in total. The summed E-state index contributed by atoms with van der Waals surface area (Å²) in [6.07, 6.45) is 2.24. The molecular formula is C20H28N2O2. The van der Waals surface area contributed by atoms with Crippen molar-refractivity contribution in [2.24, 2.45) is 21.8 Å². The highest BCUT2D eigenvalue weighted by atomic mass is 16.5. The number of nitrogens with zero attached hydrogens (tertiary/aromatic N) is 2. The van der Waals surface area contributed by atoms with E-state index in [2.05, 4.69) is 33.8 Å². The minimum absolute atomic E-state index is 0.267. The summed E-state index contributed by atoms with van der Waals surface area (Å²) in [4.78, 5) is 9.53. The van der Waals surface area contributed by atoms with Gasteiger partial charge in [-0.3, -0.25) is 0 Å². The Hall–Kier alpha value is -1.84. The molecule has 0 radical (unpaired) electrons. The zero-order valence-electron chi connectivity index (χ0n) is 15.2. The van der Waals surface area contributed by atoms with Crippen LogP contribution in [0.4, 0.5) is 0 Å². The first-order valence-electron chi connectivity index (χ1n) is 9.14. The van der Waals surface area contributed by atoms with Crippen molar-refractivity contribution in [2.75, 3.05) is 13.2 Å². The summed E-state index contributed by atoms with van der Waals surface area (Å²) >= 11 is 0. The maximum absolute atomic E-state index is 5.84. The first-order valence-corrected chi connectivity index (χ1v) is 9.14. The fourth-order valence-electron chi connectivity index (χ4n) is 3.01. The average Bonchev–Trinajstić information content (AvgIpc) is 3.30. The molecule has 2 aliphatic heterocycles. The van der Waals surface area contributed by atoms with E-state index in [9.17, 15) is 0 Å². The van der Waals surface area contributed by atoms with Gasteiger partial charge in [-0.25, -0.2) is 9.98 Å². The van der Waals surface area contributed by atoms with Crippen molar-refractivity contribution >= 4 is 11.8 Å². The van der Waals surface area contributed by atoms with Gasteiger partial charge >= 0.3 is 0 Å². The molecule has 0 aromatic heterocycles. The second-order valence-electron chi connectivity index (χ2n) is 6.98. The number of aliphatic imine (C=N–C) groups is 2. The highest BCUT2D eigenvalue weighted by molar-refractivity contribution is 6.00. The number of benzene rings is 1. The van der Waals surface area contributed by atoms with Crippen molar-refractivity contribution in [1.82, 2.24) is 0 Å². The monoisotopic (exact) mass is 328 g/mol. The van der Waals surface area contributed by atoms with Crippen molar-refractivity contribution < 1.29 is 9.47 Å². The Morgan fingerprint density at radius 3 is 1.79 bits per heavy atom. The Kier molecular flexibility index (Phi) is 5.22. The van der Waals surface area contributed by atoms with Gasteiger partial charge in [0.2, 0.25) is 11.8 Å². The van der Waals surface area contributed by atoms with Gasteiger partial charge in [-0.1, -0.05) is 46.6 Å². The van der Waals surface area contributed by atoms with E-state index < -0.39 is 0 Å². The fourth-order valence-corrected chi connectivity index (χ4v) is 3.01. The topological polar surface area (TPSA) is 43.2 Å². The molecule has 1 aromatic carbocycles. The van der Waals surface area contributed by atoms with Crippen molar-refractivity contribution in [1.29, 1.82) is 0 Å². The molecule has 0 fully saturated rings. The van der Waals surface area contributed by atoms with Crippen LogP contribution in [0.25, 0.3) is 0 Å². The maximum atomic E-state index is 5.84. The van der Waals surface area contributed by atoms with Gasteiger partial charge in [-0.15, -0.1) is 0 Å². The third-order valence-corrected chi connectivity index (χ3v) is 5.31. The van der Waals surface area contributed by atoms with Crippen LogP contribution in [0.3, 0.4) is 0 Å². The Morgan fingerprint density at radius 1 is 0.917 bits per heavy atom. The van der Waals surface area contributed by atoms with Gasteiger partial charge < -0.3 is 9.47 Å². The fraction of sp³-hybridized carbons (Fsp3) is 0.600. The van der Waals surface area contributed by atoms with Crippen LogP contribution in [-0.2, 0) is 9.47 Å². The van der Waals surface area contributed by atoms with Gasteiger partial charge in [0.05, 0.1) is 12.1 Å². The predicted octanol–water partition coefficient (Wildman–Crippen LogP) is 4.07. The average molecular weight is 328 g/mol. The molecule has 1 aromatic rings. The lowest BCUT2D eigenvalue weighted by Gasteiger charge is -2.11. The summed E-state index contributed by atoms with van der Waals surface area (Å²) in [5, 5.41) is 0. The Bertz CT molecular complexity index is 587. The SMILES string of the molecule is CCC(C)[C@H]1COC(c2cccc(C3=N[C@@H](C(C)CC)CO3)c2)=N1. The van der Waals surface area contributed by atoms with E-state index >= 15 is 0 Å². The molecule has 0 bridgehead atoms. The molecule has 0 spiro atoms. The van der Waals surface area contributed by atoms with E-state index in [4.69, 9.17) is 19.5 Å². The van der Waals surface area contributed by atoms with Crippen molar-refractivity contribution in [2.45, 2.75) is 52.6 Å². The van der Waals surface area contributed by atoms with Crippen LogP contribution in [0.1, 0.15) is 51.7 Å². The molecule has 4 atom stereocenters. The maximum Gasteiger partial charge on any atom is 0.216 e. The lowest BCUT2D eigenvalue weighted by Crippen LogP contribution is -2.16. The molecule has 3 rings (SSSR count). The summed E-state index contributed by atoms with van der Waals surface area (Å²) in [6.45, 7) is 10.2. The molecule has 2 aliphatic rings. The second kappa shape index (κ2) is 7.37. The van der Waals surface area contributed by atoms with Gasteiger partial charge in [-0.05, 0) is 30.0 Å². The van der Waals surface area contributed by atoms with Gasteiger partial charge in [0.1, 0.15) is 13.2 Å². The molecule has 0 saturated carbocycles. The molecule has 4 heteroatoms.